The summed E-state index contributed by atoms with van der Waals surface area (Å²) < 4.78 is 35.7. The fourth-order valence-electron chi connectivity index (χ4n) is 2.57. The zero-order chi connectivity index (χ0) is 18.7. The molecule has 138 valence electrons. The van der Waals surface area contributed by atoms with Crippen LogP contribution in [0.1, 0.15) is 5.56 Å². The molecule has 0 aliphatic carbocycles. The first-order chi connectivity index (χ1) is 12.3. The predicted molar refractivity (Wildman–Crippen MR) is 102 cm³/mol. The van der Waals surface area contributed by atoms with E-state index in [1.165, 1.54) is 6.26 Å². The fourth-order valence-corrected chi connectivity index (χ4v) is 3.48. The molecule has 9 heteroatoms. The minimum Gasteiger partial charge on any atom is -0.312 e. The maximum Gasteiger partial charge on any atom is 0.237 e. The summed E-state index contributed by atoms with van der Waals surface area (Å²) in [5.74, 6) is 0.115. The van der Waals surface area contributed by atoms with Crippen molar-refractivity contribution in [3.63, 3.8) is 0 Å². The van der Waals surface area contributed by atoms with Crippen LogP contribution in [-0.2, 0) is 27.2 Å². The van der Waals surface area contributed by atoms with Crippen LogP contribution in [0.25, 0.3) is 16.8 Å². The standard InChI is InChI=1S/C17H20N4O3S2/c1-25(22)17-19-12-15-6-7-16(21(15)20-17)14-5-3-4-13(10-14)11-18-8-9-26(2,23)24/h3-7,10,12,18H,8-9,11H2,1-2H3. The van der Waals surface area contributed by atoms with Gasteiger partial charge >= 0.3 is 0 Å². The van der Waals surface area contributed by atoms with Crippen LogP contribution in [0.2, 0.25) is 0 Å². The normalized spacial score (nSPS) is 13.2. The lowest BCUT2D eigenvalue weighted by Crippen LogP contribution is -2.21. The molecule has 1 N–H and O–H groups in total. The molecule has 0 fully saturated rings. The van der Waals surface area contributed by atoms with Gasteiger partial charge in [-0.15, -0.1) is 5.10 Å². The number of aromatic nitrogens is 3. The van der Waals surface area contributed by atoms with E-state index in [-0.39, 0.29) is 10.9 Å². The Hall–Kier alpha value is -2.10. The van der Waals surface area contributed by atoms with Crippen LogP contribution in [0.15, 0.2) is 47.8 Å². The first-order valence-electron chi connectivity index (χ1n) is 7.99. The third kappa shape index (κ3) is 4.54. The third-order valence-electron chi connectivity index (χ3n) is 3.84. The zero-order valence-corrected chi connectivity index (χ0v) is 16.2. The fraction of sp³-hybridized carbons (Fsp3) is 0.294. The molecular formula is C17H20N4O3S2. The minimum absolute atomic E-state index is 0.115. The van der Waals surface area contributed by atoms with E-state index in [9.17, 15) is 12.6 Å². The molecule has 3 aromatic rings. The lowest BCUT2D eigenvalue weighted by atomic mass is 10.1. The molecule has 26 heavy (non-hydrogen) atoms. The van der Waals surface area contributed by atoms with Gasteiger partial charge < -0.3 is 5.32 Å². The highest BCUT2D eigenvalue weighted by Gasteiger charge is 2.10. The lowest BCUT2D eigenvalue weighted by Gasteiger charge is -2.07. The van der Waals surface area contributed by atoms with Gasteiger partial charge in [-0.2, -0.15) is 0 Å². The number of benzene rings is 1. The van der Waals surface area contributed by atoms with Gasteiger partial charge in [0, 0.05) is 31.2 Å². The largest absolute Gasteiger partial charge is 0.312 e. The molecule has 1 atom stereocenters. The number of hydrogen-bond acceptors (Lipinski definition) is 6. The summed E-state index contributed by atoms with van der Waals surface area (Å²) in [6, 6.07) is 11.8. The zero-order valence-electron chi connectivity index (χ0n) is 14.5. The molecule has 3 rings (SSSR count). The molecule has 2 aromatic heterocycles. The molecule has 0 aliphatic rings. The molecule has 0 radical (unpaired) electrons. The summed E-state index contributed by atoms with van der Waals surface area (Å²) in [6.07, 6.45) is 4.43. The van der Waals surface area contributed by atoms with Crippen LogP contribution >= 0.6 is 0 Å². The van der Waals surface area contributed by atoms with Gasteiger partial charge in [-0.25, -0.2) is 17.9 Å². The minimum atomic E-state index is -2.96. The topological polar surface area (TPSA) is 93.4 Å². The van der Waals surface area contributed by atoms with Gasteiger partial charge in [0.25, 0.3) is 0 Å². The van der Waals surface area contributed by atoms with E-state index >= 15 is 0 Å². The lowest BCUT2D eigenvalue weighted by molar-refractivity contribution is 0.596. The Morgan fingerprint density at radius 3 is 2.77 bits per heavy atom. The Morgan fingerprint density at radius 2 is 2.04 bits per heavy atom. The smallest absolute Gasteiger partial charge is 0.237 e. The average molecular weight is 393 g/mol. The third-order valence-corrected chi connectivity index (χ3v) is 5.48. The quantitative estimate of drug-likeness (QED) is 0.609. The summed E-state index contributed by atoms with van der Waals surface area (Å²) in [5, 5.41) is 7.79. The molecule has 0 aliphatic heterocycles. The van der Waals surface area contributed by atoms with Crippen molar-refractivity contribution in [1.82, 2.24) is 19.9 Å². The second kappa shape index (κ2) is 7.65. The Labute approximate surface area is 154 Å². The predicted octanol–water partition coefficient (Wildman–Crippen LogP) is 1.27. The van der Waals surface area contributed by atoms with E-state index in [4.69, 9.17) is 0 Å². The maximum atomic E-state index is 11.7. The van der Waals surface area contributed by atoms with Gasteiger partial charge in [-0.3, -0.25) is 4.21 Å². The van der Waals surface area contributed by atoms with E-state index < -0.39 is 20.6 Å². The van der Waals surface area contributed by atoms with Gasteiger partial charge in [0.15, 0.2) is 0 Å². The molecule has 7 nitrogen and oxygen atoms in total. The van der Waals surface area contributed by atoms with E-state index in [0.717, 1.165) is 22.3 Å². The second-order valence-electron chi connectivity index (χ2n) is 6.06. The molecule has 0 spiro atoms. The number of rotatable bonds is 7. The molecule has 0 amide bonds. The van der Waals surface area contributed by atoms with Crippen LogP contribution in [0.5, 0.6) is 0 Å². The molecule has 0 saturated carbocycles. The summed E-state index contributed by atoms with van der Waals surface area (Å²) in [4.78, 5) is 4.11. The van der Waals surface area contributed by atoms with Crippen molar-refractivity contribution >= 4 is 26.2 Å². The van der Waals surface area contributed by atoms with Crippen LogP contribution in [-0.4, -0.2) is 52.0 Å². The summed E-state index contributed by atoms with van der Waals surface area (Å²) in [7, 11) is -4.22. The van der Waals surface area contributed by atoms with Gasteiger partial charge in [-0.05, 0) is 23.8 Å². The van der Waals surface area contributed by atoms with Crippen molar-refractivity contribution in [2.75, 3.05) is 24.8 Å². The van der Waals surface area contributed by atoms with Crippen LogP contribution in [0.4, 0.5) is 0 Å². The average Bonchev–Trinajstić information content (AvgIpc) is 3.01. The molecule has 2 heterocycles. The molecular weight excluding hydrogens is 372 g/mol. The first kappa shape index (κ1) is 18.7. The van der Waals surface area contributed by atoms with Crippen molar-refractivity contribution in [3.8, 4) is 11.3 Å². The number of fused-ring (bicyclic) bond motifs is 1. The summed E-state index contributed by atoms with van der Waals surface area (Å²) in [6.45, 7) is 0.988. The Kier molecular flexibility index (Phi) is 5.49. The monoisotopic (exact) mass is 392 g/mol. The number of sulfone groups is 1. The molecule has 1 aromatic carbocycles. The number of nitrogens with zero attached hydrogens (tertiary/aromatic N) is 3. The van der Waals surface area contributed by atoms with E-state index in [1.807, 2.05) is 36.4 Å². The van der Waals surface area contributed by atoms with Crippen molar-refractivity contribution in [2.45, 2.75) is 11.7 Å². The van der Waals surface area contributed by atoms with Gasteiger partial charge in [0.2, 0.25) is 5.16 Å². The molecule has 1 unspecified atom stereocenters. The molecule has 0 saturated heterocycles. The number of hydrogen-bond donors (Lipinski definition) is 1. The van der Waals surface area contributed by atoms with Crippen molar-refractivity contribution in [1.29, 1.82) is 0 Å². The van der Waals surface area contributed by atoms with E-state index in [1.54, 1.807) is 17.0 Å². The Bertz CT molecular complexity index is 1060. The van der Waals surface area contributed by atoms with Gasteiger partial charge in [0.05, 0.1) is 34.0 Å². The van der Waals surface area contributed by atoms with Crippen molar-refractivity contribution in [3.05, 3.63) is 48.2 Å². The van der Waals surface area contributed by atoms with Crippen molar-refractivity contribution in [2.24, 2.45) is 0 Å². The Morgan fingerprint density at radius 1 is 1.23 bits per heavy atom. The van der Waals surface area contributed by atoms with Crippen LogP contribution in [0.3, 0.4) is 0 Å². The summed E-state index contributed by atoms with van der Waals surface area (Å²) in [5.41, 5.74) is 3.72. The second-order valence-corrected chi connectivity index (χ2v) is 9.59. The SMILES string of the molecule is CS(=O)c1ncc2ccc(-c3cccc(CNCCS(C)(=O)=O)c3)n2n1. The van der Waals surface area contributed by atoms with Gasteiger partial charge in [-0.1, -0.05) is 18.2 Å². The highest BCUT2D eigenvalue weighted by molar-refractivity contribution is 7.90. The Balaban J connectivity index is 1.83. The number of nitrogens with one attached hydrogen (secondary N) is 1. The molecule has 0 bridgehead atoms. The van der Waals surface area contributed by atoms with E-state index in [2.05, 4.69) is 15.4 Å². The van der Waals surface area contributed by atoms with Crippen LogP contribution < -0.4 is 5.32 Å². The first-order valence-corrected chi connectivity index (χ1v) is 11.6. The van der Waals surface area contributed by atoms with Gasteiger partial charge in [0.1, 0.15) is 9.84 Å². The maximum absolute atomic E-state index is 11.7. The summed E-state index contributed by atoms with van der Waals surface area (Å²) >= 11 is 0. The van der Waals surface area contributed by atoms with E-state index in [0.29, 0.717) is 13.1 Å². The highest BCUT2D eigenvalue weighted by Crippen LogP contribution is 2.22. The van der Waals surface area contributed by atoms with Crippen LogP contribution in [0, 0.1) is 0 Å². The highest BCUT2D eigenvalue weighted by atomic mass is 32.2. The van der Waals surface area contributed by atoms with Crippen molar-refractivity contribution < 1.29 is 12.6 Å².